The highest BCUT2D eigenvalue weighted by molar-refractivity contribution is 5.99. The van der Waals surface area contributed by atoms with Gasteiger partial charge in [-0.05, 0) is 37.1 Å². The van der Waals surface area contributed by atoms with Gasteiger partial charge in [0.05, 0.1) is 13.0 Å². The summed E-state index contributed by atoms with van der Waals surface area (Å²) in [6.45, 7) is 3.98. The molecular weight excluding hydrogens is 212 g/mol. The summed E-state index contributed by atoms with van der Waals surface area (Å²) < 4.78 is 5.23. The van der Waals surface area contributed by atoms with Gasteiger partial charge in [0.1, 0.15) is 5.75 Å². The normalized spacial score (nSPS) is 19.1. The Hall–Kier alpha value is -1.83. The van der Waals surface area contributed by atoms with Crippen LogP contribution < -0.4 is 4.74 Å². The molecule has 1 aromatic rings. The van der Waals surface area contributed by atoms with Crippen molar-refractivity contribution in [1.82, 2.24) is 0 Å². The van der Waals surface area contributed by atoms with E-state index in [0.29, 0.717) is 0 Å². The Balaban J connectivity index is 2.41. The molecule has 0 radical (unpaired) electrons. The fourth-order valence-corrected chi connectivity index (χ4v) is 2.22. The summed E-state index contributed by atoms with van der Waals surface area (Å²) in [6.07, 6.45) is 5.44. The Kier molecular flexibility index (Phi) is 3.14. The maximum absolute atomic E-state index is 11.9. The maximum atomic E-state index is 11.9. The van der Waals surface area contributed by atoms with Crippen LogP contribution in [0.2, 0.25) is 0 Å². The molecule has 0 saturated carbocycles. The molecule has 1 aliphatic carbocycles. The summed E-state index contributed by atoms with van der Waals surface area (Å²) in [5, 5.41) is 0. The lowest BCUT2D eigenvalue weighted by Gasteiger charge is -2.19. The molecule has 0 heterocycles. The second-order valence-electron chi connectivity index (χ2n) is 4.33. The largest absolute Gasteiger partial charge is 0.496 e. The SMILES string of the molecule is COc1ccc(C2C(=O)C=CC=C2C)cc1C. The second-order valence-corrected chi connectivity index (χ2v) is 4.33. The molecule has 0 fully saturated rings. The van der Waals surface area contributed by atoms with Crippen molar-refractivity contribution in [2.24, 2.45) is 0 Å². The highest BCUT2D eigenvalue weighted by Gasteiger charge is 2.22. The first-order valence-corrected chi connectivity index (χ1v) is 5.66. The molecule has 2 rings (SSSR count). The molecule has 0 saturated heterocycles. The number of benzene rings is 1. The number of aryl methyl sites for hydroxylation is 1. The van der Waals surface area contributed by atoms with Crippen LogP contribution in [0, 0.1) is 6.92 Å². The third-order valence-electron chi connectivity index (χ3n) is 3.11. The molecule has 0 bridgehead atoms. The third-order valence-corrected chi connectivity index (χ3v) is 3.11. The van der Waals surface area contributed by atoms with Gasteiger partial charge in [-0.3, -0.25) is 4.79 Å². The van der Waals surface area contributed by atoms with Gasteiger partial charge >= 0.3 is 0 Å². The van der Waals surface area contributed by atoms with Crippen molar-refractivity contribution >= 4 is 5.78 Å². The minimum atomic E-state index is -0.135. The van der Waals surface area contributed by atoms with Crippen LogP contribution >= 0.6 is 0 Å². The Bertz CT molecular complexity index is 510. The van der Waals surface area contributed by atoms with E-state index in [1.807, 2.05) is 44.2 Å². The van der Waals surface area contributed by atoms with Gasteiger partial charge in [0.25, 0.3) is 0 Å². The van der Waals surface area contributed by atoms with E-state index in [4.69, 9.17) is 4.74 Å². The van der Waals surface area contributed by atoms with E-state index in [2.05, 4.69) is 0 Å². The number of carbonyl (C=O) groups excluding carboxylic acids is 1. The number of ether oxygens (including phenoxy) is 1. The first-order valence-electron chi connectivity index (χ1n) is 5.66. The number of hydrogen-bond donors (Lipinski definition) is 0. The van der Waals surface area contributed by atoms with Crippen LogP contribution in [0.3, 0.4) is 0 Å². The number of methoxy groups -OCH3 is 1. The van der Waals surface area contributed by atoms with E-state index in [0.717, 1.165) is 22.4 Å². The maximum Gasteiger partial charge on any atom is 0.167 e. The monoisotopic (exact) mass is 228 g/mol. The fraction of sp³-hybridized carbons (Fsp3) is 0.267. The van der Waals surface area contributed by atoms with Crippen molar-refractivity contribution in [3.05, 3.63) is 53.1 Å². The minimum Gasteiger partial charge on any atom is -0.496 e. The van der Waals surface area contributed by atoms with Gasteiger partial charge in [0, 0.05) is 0 Å². The number of hydrogen-bond acceptors (Lipinski definition) is 2. The van der Waals surface area contributed by atoms with E-state index in [1.165, 1.54) is 0 Å². The van der Waals surface area contributed by atoms with Gasteiger partial charge in [-0.25, -0.2) is 0 Å². The standard InChI is InChI=1S/C15H16O2/c1-10-5-4-6-13(16)15(10)12-7-8-14(17-3)11(2)9-12/h4-9,15H,1-3H3. The molecule has 0 N–H and O–H groups in total. The van der Waals surface area contributed by atoms with Crippen LogP contribution in [0.25, 0.3) is 0 Å². The fourth-order valence-electron chi connectivity index (χ4n) is 2.22. The molecule has 1 atom stereocenters. The topological polar surface area (TPSA) is 26.3 Å². The average Bonchev–Trinajstić information content (AvgIpc) is 2.29. The van der Waals surface area contributed by atoms with Crippen LogP contribution in [0.5, 0.6) is 5.75 Å². The average molecular weight is 228 g/mol. The molecule has 1 aromatic carbocycles. The van der Waals surface area contributed by atoms with E-state index in [9.17, 15) is 4.79 Å². The predicted molar refractivity (Wildman–Crippen MR) is 68.4 cm³/mol. The zero-order chi connectivity index (χ0) is 12.4. The molecule has 0 spiro atoms. The summed E-state index contributed by atoms with van der Waals surface area (Å²) in [5.74, 6) is 0.869. The lowest BCUT2D eigenvalue weighted by atomic mass is 9.84. The van der Waals surface area contributed by atoms with E-state index in [-0.39, 0.29) is 11.7 Å². The van der Waals surface area contributed by atoms with Crippen LogP contribution in [0.15, 0.2) is 42.0 Å². The second kappa shape index (κ2) is 4.58. The molecular formula is C15H16O2. The number of carbonyl (C=O) groups is 1. The third kappa shape index (κ3) is 2.16. The summed E-state index contributed by atoms with van der Waals surface area (Å²) >= 11 is 0. The number of allylic oxidation sites excluding steroid dienone is 4. The molecule has 1 unspecified atom stereocenters. The highest BCUT2D eigenvalue weighted by atomic mass is 16.5. The van der Waals surface area contributed by atoms with Crippen molar-refractivity contribution in [2.75, 3.05) is 7.11 Å². The minimum absolute atomic E-state index is 0.135. The van der Waals surface area contributed by atoms with Gasteiger partial charge in [-0.2, -0.15) is 0 Å². The van der Waals surface area contributed by atoms with Gasteiger partial charge in [-0.15, -0.1) is 0 Å². The van der Waals surface area contributed by atoms with Crippen molar-refractivity contribution in [3.63, 3.8) is 0 Å². The van der Waals surface area contributed by atoms with Gasteiger partial charge in [0.2, 0.25) is 0 Å². The van der Waals surface area contributed by atoms with Crippen molar-refractivity contribution in [2.45, 2.75) is 19.8 Å². The predicted octanol–water partition coefficient (Wildman–Crippen LogP) is 3.17. The summed E-state index contributed by atoms with van der Waals surface area (Å²) in [7, 11) is 1.65. The zero-order valence-electron chi connectivity index (χ0n) is 10.4. The zero-order valence-corrected chi connectivity index (χ0v) is 10.4. The number of ketones is 1. The quantitative estimate of drug-likeness (QED) is 0.777. The molecule has 0 aliphatic heterocycles. The molecule has 0 aromatic heterocycles. The Morgan fingerprint density at radius 2 is 2.00 bits per heavy atom. The van der Waals surface area contributed by atoms with E-state index >= 15 is 0 Å². The van der Waals surface area contributed by atoms with Crippen molar-refractivity contribution in [3.8, 4) is 5.75 Å². The van der Waals surface area contributed by atoms with Gasteiger partial charge < -0.3 is 4.74 Å². The van der Waals surface area contributed by atoms with Crippen molar-refractivity contribution in [1.29, 1.82) is 0 Å². The molecule has 17 heavy (non-hydrogen) atoms. The van der Waals surface area contributed by atoms with Crippen LogP contribution in [0.1, 0.15) is 24.0 Å². The molecule has 2 heteroatoms. The highest BCUT2D eigenvalue weighted by Crippen LogP contribution is 2.31. The smallest absolute Gasteiger partial charge is 0.167 e. The lowest BCUT2D eigenvalue weighted by molar-refractivity contribution is -0.115. The molecule has 88 valence electrons. The van der Waals surface area contributed by atoms with E-state index < -0.39 is 0 Å². The van der Waals surface area contributed by atoms with Crippen molar-refractivity contribution < 1.29 is 9.53 Å². The Morgan fingerprint density at radius 3 is 2.59 bits per heavy atom. The first-order chi connectivity index (χ1) is 8.13. The van der Waals surface area contributed by atoms with Crippen LogP contribution in [0.4, 0.5) is 0 Å². The van der Waals surface area contributed by atoms with E-state index in [1.54, 1.807) is 13.2 Å². The number of rotatable bonds is 2. The lowest BCUT2D eigenvalue weighted by Crippen LogP contribution is -2.14. The summed E-state index contributed by atoms with van der Waals surface area (Å²) in [5.41, 5.74) is 3.17. The first kappa shape index (κ1) is 11.6. The molecule has 1 aliphatic rings. The van der Waals surface area contributed by atoms with Crippen LogP contribution in [-0.4, -0.2) is 12.9 Å². The summed E-state index contributed by atoms with van der Waals surface area (Å²) in [4.78, 5) is 11.9. The summed E-state index contributed by atoms with van der Waals surface area (Å²) in [6, 6.07) is 5.91. The Morgan fingerprint density at radius 1 is 1.24 bits per heavy atom. The van der Waals surface area contributed by atoms with Crippen LogP contribution in [-0.2, 0) is 4.79 Å². The van der Waals surface area contributed by atoms with Gasteiger partial charge in [-0.1, -0.05) is 29.9 Å². The molecule has 2 nitrogen and oxygen atoms in total. The Labute approximate surface area is 102 Å². The molecule has 0 amide bonds. The van der Waals surface area contributed by atoms with Gasteiger partial charge in [0.15, 0.2) is 5.78 Å².